The lowest BCUT2D eigenvalue weighted by molar-refractivity contribution is 0.311. The highest BCUT2D eigenvalue weighted by Crippen LogP contribution is 2.33. The molecule has 3 aromatic rings. The SMILES string of the molecule is Cc1nnc(-c2ccc(-c3ccc(N4CC[C@H](NC5CCC5)C4)nn3)c(O)c2)s1. The number of nitrogens with one attached hydrogen (secondary N) is 1. The van der Waals surface area contributed by atoms with E-state index in [0.717, 1.165) is 40.9 Å². The molecule has 0 spiro atoms. The summed E-state index contributed by atoms with van der Waals surface area (Å²) in [5.74, 6) is 1.07. The molecule has 5 rings (SSSR count). The fourth-order valence-corrected chi connectivity index (χ4v) is 4.63. The lowest BCUT2D eigenvalue weighted by atomic mass is 9.92. The summed E-state index contributed by atoms with van der Waals surface area (Å²) in [4.78, 5) is 2.29. The first-order valence-corrected chi connectivity index (χ1v) is 11.0. The van der Waals surface area contributed by atoms with Gasteiger partial charge in [-0.25, -0.2) is 0 Å². The fraction of sp³-hybridized carbons (Fsp3) is 0.429. The maximum Gasteiger partial charge on any atom is 0.151 e. The summed E-state index contributed by atoms with van der Waals surface area (Å²) in [7, 11) is 0. The lowest BCUT2D eigenvalue weighted by Crippen LogP contribution is -2.43. The summed E-state index contributed by atoms with van der Waals surface area (Å²) >= 11 is 1.50. The van der Waals surface area contributed by atoms with Gasteiger partial charge in [-0.05, 0) is 50.5 Å². The maximum absolute atomic E-state index is 10.5. The van der Waals surface area contributed by atoms with Crippen molar-refractivity contribution in [2.45, 2.75) is 44.7 Å². The average molecular weight is 409 g/mol. The van der Waals surface area contributed by atoms with Gasteiger partial charge in [0.15, 0.2) is 5.82 Å². The quantitative estimate of drug-likeness (QED) is 0.669. The first-order chi connectivity index (χ1) is 14.2. The predicted octanol–water partition coefficient (Wildman–Crippen LogP) is 3.40. The number of aromatic nitrogens is 4. The van der Waals surface area contributed by atoms with Gasteiger partial charge in [-0.2, -0.15) is 0 Å². The molecule has 0 radical (unpaired) electrons. The van der Waals surface area contributed by atoms with E-state index in [2.05, 4.69) is 30.6 Å². The number of anilines is 1. The van der Waals surface area contributed by atoms with Gasteiger partial charge in [0.1, 0.15) is 15.8 Å². The summed E-state index contributed by atoms with van der Waals surface area (Å²) in [6.07, 6.45) is 5.13. The summed E-state index contributed by atoms with van der Waals surface area (Å²) in [6.45, 7) is 3.89. The van der Waals surface area contributed by atoms with E-state index in [4.69, 9.17) is 0 Å². The molecular formula is C21H24N6OS. The van der Waals surface area contributed by atoms with Crippen molar-refractivity contribution < 1.29 is 5.11 Å². The molecule has 2 aromatic heterocycles. The second-order valence-corrected chi connectivity index (χ2v) is 9.04. The minimum atomic E-state index is 0.170. The number of nitrogens with zero attached hydrogens (tertiary/aromatic N) is 5. The molecule has 1 aliphatic heterocycles. The zero-order chi connectivity index (χ0) is 19.8. The van der Waals surface area contributed by atoms with Crippen LogP contribution in [0.1, 0.15) is 30.7 Å². The van der Waals surface area contributed by atoms with Crippen molar-refractivity contribution in [2.75, 3.05) is 18.0 Å². The summed E-state index contributed by atoms with van der Waals surface area (Å²) < 4.78 is 0. The van der Waals surface area contributed by atoms with E-state index in [1.165, 1.54) is 30.6 Å². The monoisotopic (exact) mass is 408 g/mol. The Morgan fingerprint density at radius 1 is 1.03 bits per heavy atom. The largest absolute Gasteiger partial charge is 0.507 e. The Bertz CT molecular complexity index is 1000. The van der Waals surface area contributed by atoms with Gasteiger partial charge in [-0.15, -0.1) is 20.4 Å². The first kappa shape index (κ1) is 18.4. The highest BCUT2D eigenvalue weighted by Gasteiger charge is 2.27. The Labute approximate surface area is 173 Å². The third kappa shape index (κ3) is 3.82. The molecule has 8 heteroatoms. The van der Waals surface area contributed by atoms with Gasteiger partial charge in [0.2, 0.25) is 0 Å². The molecule has 3 heterocycles. The van der Waals surface area contributed by atoms with Crippen molar-refractivity contribution in [2.24, 2.45) is 0 Å². The zero-order valence-electron chi connectivity index (χ0n) is 16.4. The van der Waals surface area contributed by atoms with Crippen LogP contribution >= 0.6 is 11.3 Å². The molecule has 29 heavy (non-hydrogen) atoms. The molecule has 1 atom stereocenters. The third-order valence-corrected chi connectivity index (χ3v) is 6.67. The second kappa shape index (κ2) is 7.68. The normalized spacial score (nSPS) is 19.5. The number of phenolic OH excluding ortho intramolecular Hbond substituents is 1. The highest BCUT2D eigenvalue weighted by atomic mass is 32.1. The summed E-state index contributed by atoms with van der Waals surface area (Å²) in [6, 6.07) is 10.7. The van der Waals surface area contributed by atoms with Crippen LogP contribution in [0.4, 0.5) is 5.82 Å². The van der Waals surface area contributed by atoms with Crippen molar-refractivity contribution in [3.8, 4) is 27.6 Å². The lowest BCUT2D eigenvalue weighted by Gasteiger charge is -2.29. The zero-order valence-corrected chi connectivity index (χ0v) is 17.2. The van der Waals surface area contributed by atoms with Crippen LogP contribution in [0, 0.1) is 6.92 Å². The van der Waals surface area contributed by atoms with Crippen molar-refractivity contribution >= 4 is 17.2 Å². The molecule has 2 fully saturated rings. The van der Waals surface area contributed by atoms with Crippen LogP contribution in [0.15, 0.2) is 30.3 Å². The number of benzene rings is 1. The van der Waals surface area contributed by atoms with Gasteiger partial charge in [0.25, 0.3) is 0 Å². The van der Waals surface area contributed by atoms with Gasteiger partial charge in [-0.3, -0.25) is 0 Å². The van der Waals surface area contributed by atoms with Gasteiger partial charge in [0.05, 0.1) is 5.69 Å². The van der Waals surface area contributed by atoms with Crippen LogP contribution in [0.25, 0.3) is 21.8 Å². The minimum Gasteiger partial charge on any atom is -0.507 e. The Morgan fingerprint density at radius 2 is 1.93 bits per heavy atom. The van der Waals surface area contributed by atoms with Gasteiger partial charge < -0.3 is 15.3 Å². The van der Waals surface area contributed by atoms with E-state index in [1.807, 2.05) is 31.2 Å². The minimum absolute atomic E-state index is 0.170. The van der Waals surface area contributed by atoms with Crippen LogP contribution in [-0.2, 0) is 0 Å². The number of aryl methyl sites for hydroxylation is 1. The van der Waals surface area contributed by atoms with Crippen molar-refractivity contribution in [3.05, 3.63) is 35.3 Å². The van der Waals surface area contributed by atoms with Crippen molar-refractivity contribution in [1.82, 2.24) is 25.7 Å². The number of rotatable bonds is 5. The summed E-state index contributed by atoms with van der Waals surface area (Å²) in [5.41, 5.74) is 2.18. The number of aromatic hydroxyl groups is 1. The second-order valence-electron chi connectivity index (χ2n) is 7.86. The fourth-order valence-electron chi connectivity index (χ4n) is 3.94. The Kier molecular flexibility index (Phi) is 4.89. The molecule has 2 aliphatic rings. The van der Waals surface area contributed by atoms with Gasteiger partial charge in [-0.1, -0.05) is 23.8 Å². The molecule has 150 valence electrons. The Hall–Kier alpha value is -2.58. The number of phenols is 1. The average Bonchev–Trinajstić information content (AvgIpc) is 3.34. The van der Waals surface area contributed by atoms with Crippen LogP contribution in [0.5, 0.6) is 5.75 Å². The van der Waals surface area contributed by atoms with E-state index < -0.39 is 0 Å². The van der Waals surface area contributed by atoms with Gasteiger partial charge >= 0.3 is 0 Å². The molecule has 1 saturated heterocycles. The molecule has 0 amide bonds. The van der Waals surface area contributed by atoms with Crippen LogP contribution in [0.3, 0.4) is 0 Å². The van der Waals surface area contributed by atoms with E-state index in [0.29, 0.717) is 23.3 Å². The molecule has 0 unspecified atom stereocenters. The van der Waals surface area contributed by atoms with Crippen molar-refractivity contribution in [3.63, 3.8) is 0 Å². The molecule has 0 bridgehead atoms. The summed E-state index contributed by atoms with van der Waals surface area (Å²) in [5, 5.41) is 32.9. The molecule has 7 nitrogen and oxygen atoms in total. The number of hydrogen-bond donors (Lipinski definition) is 2. The van der Waals surface area contributed by atoms with E-state index >= 15 is 0 Å². The maximum atomic E-state index is 10.5. The first-order valence-electron chi connectivity index (χ1n) is 10.1. The molecule has 2 N–H and O–H groups in total. The molecule has 1 aliphatic carbocycles. The van der Waals surface area contributed by atoms with Crippen LogP contribution < -0.4 is 10.2 Å². The van der Waals surface area contributed by atoms with E-state index in [9.17, 15) is 5.11 Å². The number of hydrogen-bond acceptors (Lipinski definition) is 8. The van der Waals surface area contributed by atoms with E-state index in [1.54, 1.807) is 6.07 Å². The molecule has 1 saturated carbocycles. The standard InChI is InChI=1S/C21H24N6OS/c1-13-23-26-21(29-13)14-5-6-17(19(28)11-14)18-7-8-20(25-24-18)27-10-9-16(12-27)22-15-3-2-4-15/h5-8,11,15-16,22,28H,2-4,9-10,12H2,1H3/t16-/m0/s1. The van der Waals surface area contributed by atoms with Gasteiger partial charge in [0, 0.05) is 36.3 Å². The van der Waals surface area contributed by atoms with Crippen LogP contribution in [0.2, 0.25) is 0 Å². The molecule has 1 aromatic carbocycles. The predicted molar refractivity (Wildman–Crippen MR) is 114 cm³/mol. The molecular weight excluding hydrogens is 384 g/mol. The van der Waals surface area contributed by atoms with E-state index in [-0.39, 0.29) is 5.75 Å². The smallest absolute Gasteiger partial charge is 0.151 e. The topological polar surface area (TPSA) is 87.1 Å². The van der Waals surface area contributed by atoms with Crippen molar-refractivity contribution in [1.29, 1.82) is 0 Å². The Balaban J connectivity index is 1.29. The third-order valence-electron chi connectivity index (χ3n) is 5.79. The van der Waals surface area contributed by atoms with Crippen LogP contribution in [-0.4, -0.2) is 50.7 Å². The Morgan fingerprint density at radius 3 is 2.59 bits per heavy atom. The highest BCUT2D eigenvalue weighted by molar-refractivity contribution is 7.14.